The number of amides is 1. The first kappa shape index (κ1) is 15.2. The van der Waals surface area contributed by atoms with Gasteiger partial charge >= 0.3 is 0 Å². The zero-order valence-electron chi connectivity index (χ0n) is 13.1. The van der Waals surface area contributed by atoms with E-state index >= 15 is 0 Å². The van der Waals surface area contributed by atoms with Crippen LogP contribution in [0.1, 0.15) is 25.3 Å². The molecular formula is C17H24N2O3. The lowest BCUT2D eigenvalue weighted by atomic mass is 9.94. The fourth-order valence-electron chi connectivity index (χ4n) is 3.29. The first-order chi connectivity index (χ1) is 10.7. The zero-order chi connectivity index (χ0) is 15.5. The topological polar surface area (TPSA) is 64.8 Å². The highest BCUT2D eigenvalue weighted by Gasteiger charge is 2.32. The van der Waals surface area contributed by atoms with Crippen LogP contribution in [0.4, 0.5) is 0 Å². The van der Waals surface area contributed by atoms with Crippen molar-refractivity contribution >= 4 is 5.91 Å². The number of carbonyl (C=O) groups excluding carboxylic acids is 1. The molecule has 1 saturated heterocycles. The Bertz CT molecular complexity index is 547. The highest BCUT2D eigenvalue weighted by molar-refractivity contribution is 5.80. The van der Waals surface area contributed by atoms with Crippen molar-refractivity contribution < 1.29 is 14.3 Å². The van der Waals surface area contributed by atoms with E-state index in [4.69, 9.17) is 15.2 Å². The molecule has 1 aromatic rings. The molecular weight excluding hydrogens is 280 g/mol. The van der Waals surface area contributed by atoms with Gasteiger partial charge in [-0.3, -0.25) is 4.79 Å². The molecule has 2 aliphatic heterocycles. The molecule has 1 amide bonds. The molecule has 120 valence electrons. The van der Waals surface area contributed by atoms with Crippen LogP contribution in [0.2, 0.25) is 0 Å². The molecule has 0 unspecified atom stereocenters. The van der Waals surface area contributed by atoms with Gasteiger partial charge in [0.2, 0.25) is 5.91 Å². The summed E-state index contributed by atoms with van der Waals surface area (Å²) >= 11 is 0. The summed E-state index contributed by atoms with van der Waals surface area (Å²) in [7, 11) is 0. The van der Waals surface area contributed by atoms with Crippen molar-refractivity contribution in [1.82, 2.24) is 4.90 Å². The van der Waals surface area contributed by atoms with E-state index in [1.165, 1.54) is 0 Å². The Morgan fingerprint density at radius 2 is 2.36 bits per heavy atom. The molecule has 0 bridgehead atoms. The lowest BCUT2D eigenvalue weighted by Gasteiger charge is -2.35. The Balaban J connectivity index is 1.71. The minimum absolute atomic E-state index is 0.110. The van der Waals surface area contributed by atoms with Crippen molar-refractivity contribution in [3.05, 3.63) is 23.8 Å². The van der Waals surface area contributed by atoms with Crippen molar-refractivity contribution in [1.29, 1.82) is 0 Å². The third-order valence-corrected chi connectivity index (χ3v) is 4.37. The van der Waals surface area contributed by atoms with E-state index in [0.717, 1.165) is 36.4 Å². The van der Waals surface area contributed by atoms with Crippen LogP contribution in [-0.4, -0.2) is 43.2 Å². The van der Waals surface area contributed by atoms with Crippen LogP contribution >= 0.6 is 0 Å². The molecule has 2 heterocycles. The normalized spacial score (nSPS) is 24.4. The smallest absolute Gasteiger partial charge is 0.229 e. The van der Waals surface area contributed by atoms with Crippen LogP contribution in [0.25, 0.3) is 0 Å². The molecule has 0 aliphatic carbocycles. The predicted octanol–water partition coefficient (Wildman–Crippen LogP) is 1.59. The number of ether oxygens (including phenoxy) is 2. The summed E-state index contributed by atoms with van der Waals surface area (Å²) in [4.78, 5) is 14.6. The number of fused-ring (bicyclic) bond motifs is 1. The number of carbonyl (C=O) groups is 1. The van der Waals surface area contributed by atoms with E-state index in [-0.39, 0.29) is 17.9 Å². The lowest BCUT2D eigenvalue weighted by Crippen LogP contribution is -2.49. The van der Waals surface area contributed by atoms with Crippen LogP contribution in [0.15, 0.2) is 18.2 Å². The third-order valence-electron chi connectivity index (χ3n) is 4.37. The minimum atomic E-state index is -0.116. The molecule has 2 aliphatic rings. The standard InChI is InChI=1S/C17H24N2O3/c1-2-21-15-7-3-5-12-9-13(11-22-16(12)15)17(20)19-8-4-6-14(18)10-19/h3,5,7,13-14H,2,4,6,8-11,18H2,1H3/t13-,14-/m1/s1. The van der Waals surface area contributed by atoms with Crippen molar-refractivity contribution in [2.24, 2.45) is 11.7 Å². The average Bonchev–Trinajstić information content (AvgIpc) is 2.54. The van der Waals surface area contributed by atoms with E-state index in [0.29, 0.717) is 26.2 Å². The molecule has 1 fully saturated rings. The second-order valence-electron chi connectivity index (χ2n) is 6.08. The zero-order valence-corrected chi connectivity index (χ0v) is 13.1. The SMILES string of the molecule is CCOc1cccc2c1OC[C@H](C(=O)N1CCC[C@@H](N)C1)C2. The molecule has 0 radical (unpaired) electrons. The van der Waals surface area contributed by atoms with Crippen LogP contribution in [0.5, 0.6) is 11.5 Å². The maximum absolute atomic E-state index is 12.7. The Kier molecular flexibility index (Phi) is 4.52. The monoisotopic (exact) mass is 304 g/mol. The van der Waals surface area contributed by atoms with Gasteiger partial charge in [0.05, 0.1) is 12.5 Å². The van der Waals surface area contributed by atoms with Gasteiger partial charge in [0.25, 0.3) is 0 Å². The highest BCUT2D eigenvalue weighted by atomic mass is 16.5. The molecule has 5 heteroatoms. The summed E-state index contributed by atoms with van der Waals surface area (Å²) in [6.07, 6.45) is 2.71. The maximum atomic E-state index is 12.7. The summed E-state index contributed by atoms with van der Waals surface area (Å²) in [5.74, 6) is 1.62. The van der Waals surface area contributed by atoms with Gasteiger partial charge in [0.15, 0.2) is 11.5 Å². The number of nitrogens with two attached hydrogens (primary N) is 1. The van der Waals surface area contributed by atoms with E-state index in [1.807, 2.05) is 30.0 Å². The molecule has 1 aromatic carbocycles. The Hall–Kier alpha value is -1.75. The van der Waals surface area contributed by atoms with Gasteiger partial charge in [-0.05, 0) is 37.8 Å². The second kappa shape index (κ2) is 6.57. The number of hydrogen-bond acceptors (Lipinski definition) is 4. The molecule has 0 saturated carbocycles. The van der Waals surface area contributed by atoms with Crippen LogP contribution in [0.3, 0.4) is 0 Å². The predicted molar refractivity (Wildman–Crippen MR) is 84.1 cm³/mol. The van der Waals surface area contributed by atoms with E-state index in [9.17, 15) is 4.79 Å². The van der Waals surface area contributed by atoms with E-state index in [2.05, 4.69) is 0 Å². The van der Waals surface area contributed by atoms with Crippen molar-refractivity contribution in [2.75, 3.05) is 26.3 Å². The van der Waals surface area contributed by atoms with Gasteiger partial charge in [0, 0.05) is 19.1 Å². The Morgan fingerprint density at radius 1 is 1.50 bits per heavy atom. The Labute approximate surface area is 131 Å². The summed E-state index contributed by atoms with van der Waals surface area (Å²) in [6, 6.07) is 5.99. The molecule has 2 atom stereocenters. The number of hydrogen-bond donors (Lipinski definition) is 1. The summed E-state index contributed by atoms with van der Waals surface area (Å²) in [6.45, 7) is 4.46. The molecule has 0 spiro atoms. The largest absolute Gasteiger partial charge is 0.490 e. The number of rotatable bonds is 3. The van der Waals surface area contributed by atoms with Crippen LogP contribution < -0.4 is 15.2 Å². The van der Waals surface area contributed by atoms with Crippen molar-refractivity contribution in [3.63, 3.8) is 0 Å². The number of nitrogens with zero attached hydrogens (tertiary/aromatic N) is 1. The first-order valence-corrected chi connectivity index (χ1v) is 8.11. The quantitative estimate of drug-likeness (QED) is 0.921. The molecule has 3 rings (SSSR count). The third kappa shape index (κ3) is 3.04. The fourth-order valence-corrected chi connectivity index (χ4v) is 3.29. The summed E-state index contributed by atoms with van der Waals surface area (Å²) in [5, 5.41) is 0. The summed E-state index contributed by atoms with van der Waals surface area (Å²) < 4.78 is 11.4. The van der Waals surface area contributed by atoms with Crippen LogP contribution in [0, 0.1) is 5.92 Å². The van der Waals surface area contributed by atoms with E-state index < -0.39 is 0 Å². The lowest BCUT2D eigenvalue weighted by molar-refractivity contribution is -0.138. The van der Waals surface area contributed by atoms with Crippen molar-refractivity contribution in [2.45, 2.75) is 32.2 Å². The fraction of sp³-hybridized carbons (Fsp3) is 0.588. The van der Waals surface area contributed by atoms with Gasteiger partial charge in [-0.15, -0.1) is 0 Å². The van der Waals surface area contributed by atoms with Crippen LogP contribution in [-0.2, 0) is 11.2 Å². The van der Waals surface area contributed by atoms with Gasteiger partial charge in [-0.2, -0.15) is 0 Å². The molecule has 5 nitrogen and oxygen atoms in total. The van der Waals surface area contributed by atoms with Gasteiger partial charge < -0.3 is 20.1 Å². The number of benzene rings is 1. The van der Waals surface area contributed by atoms with Gasteiger partial charge in [-0.1, -0.05) is 12.1 Å². The number of likely N-dealkylation sites (tertiary alicyclic amines) is 1. The Morgan fingerprint density at radius 3 is 3.14 bits per heavy atom. The minimum Gasteiger partial charge on any atom is -0.490 e. The maximum Gasteiger partial charge on any atom is 0.229 e. The molecule has 22 heavy (non-hydrogen) atoms. The average molecular weight is 304 g/mol. The molecule has 0 aromatic heterocycles. The van der Waals surface area contributed by atoms with Crippen molar-refractivity contribution in [3.8, 4) is 11.5 Å². The number of piperidine rings is 1. The highest BCUT2D eigenvalue weighted by Crippen LogP contribution is 2.36. The van der Waals surface area contributed by atoms with E-state index in [1.54, 1.807) is 0 Å². The van der Waals surface area contributed by atoms with Gasteiger partial charge in [0.1, 0.15) is 6.61 Å². The molecule has 2 N–H and O–H groups in total. The van der Waals surface area contributed by atoms with Gasteiger partial charge in [-0.25, -0.2) is 0 Å². The number of para-hydroxylation sites is 1. The first-order valence-electron chi connectivity index (χ1n) is 8.11. The summed E-state index contributed by atoms with van der Waals surface area (Å²) in [5.41, 5.74) is 7.03. The second-order valence-corrected chi connectivity index (χ2v) is 6.08.